The van der Waals surface area contributed by atoms with Crippen molar-refractivity contribution >= 4 is 0 Å². The number of likely N-dealkylation sites (tertiary alicyclic amines) is 1. The van der Waals surface area contributed by atoms with Gasteiger partial charge in [-0.3, -0.25) is 0 Å². The van der Waals surface area contributed by atoms with Gasteiger partial charge >= 0.3 is 0 Å². The molecule has 0 aliphatic carbocycles. The van der Waals surface area contributed by atoms with Crippen LogP contribution in [0.15, 0.2) is 18.2 Å². The van der Waals surface area contributed by atoms with Crippen LogP contribution in [0.4, 0.5) is 0 Å². The van der Waals surface area contributed by atoms with Crippen molar-refractivity contribution in [1.29, 1.82) is 0 Å². The van der Waals surface area contributed by atoms with E-state index >= 15 is 0 Å². The summed E-state index contributed by atoms with van der Waals surface area (Å²) in [7, 11) is 3.35. The molecule has 4 nitrogen and oxygen atoms in total. The van der Waals surface area contributed by atoms with Gasteiger partial charge in [-0.15, -0.1) is 0 Å². The van der Waals surface area contributed by atoms with Crippen molar-refractivity contribution in [3.05, 3.63) is 23.8 Å². The fourth-order valence-electron chi connectivity index (χ4n) is 2.91. The minimum absolute atomic E-state index is 0.464. The second-order valence-corrected chi connectivity index (χ2v) is 5.80. The fraction of sp³-hybridized carbons (Fsp3) is 0.647. The first-order valence-electron chi connectivity index (χ1n) is 7.89. The Morgan fingerprint density at radius 3 is 2.52 bits per heavy atom. The van der Waals surface area contributed by atoms with E-state index in [4.69, 9.17) is 9.47 Å². The van der Waals surface area contributed by atoms with E-state index in [2.05, 4.69) is 29.3 Å². The van der Waals surface area contributed by atoms with Crippen LogP contribution in [0.2, 0.25) is 0 Å². The van der Waals surface area contributed by atoms with Crippen LogP contribution in [-0.2, 0) is 6.42 Å². The van der Waals surface area contributed by atoms with E-state index in [9.17, 15) is 0 Å². The van der Waals surface area contributed by atoms with Crippen LogP contribution in [-0.4, -0.2) is 51.3 Å². The predicted molar refractivity (Wildman–Crippen MR) is 86.4 cm³/mol. The van der Waals surface area contributed by atoms with Crippen LogP contribution >= 0.6 is 0 Å². The summed E-state index contributed by atoms with van der Waals surface area (Å²) in [5.74, 6) is 1.59. The maximum Gasteiger partial charge on any atom is 0.160 e. The maximum atomic E-state index is 5.36. The molecule has 1 aromatic rings. The predicted octanol–water partition coefficient (Wildman–Crippen LogP) is 2.32. The molecule has 21 heavy (non-hydrogen) atoms. The zero-order valence-corrected chi connectivity index (χ0v) is 13.5. The lowest BCUT2D eigenvalue weighted by Gasteiger charge is -2.19. The van der Waals surface area contributed by atoms with E-state index in [1.165, 1.54) is 31.5 Å². The summed E-state index contributed by atoms with van der Waals surface area (Å²) in [6.45, 7) is 7.00. The van der Waals surface area contributed by atoms with Crippen LogP contribution in [0.25, 0.3) is 0 Å². The average molecular weight is 292 g/mol. The Kier molecular flexibility index (Phi) is 6.33. The molecule has 1 atom stereocenters. The van der Waals surface area contributed by atoms with Gasteiger partial charge in [0.2, 0.25) is 0 Å². The van der Waals surface area contributed by atoms with Gasteiger partial charge in [-0.2, -0.15) is 0 Å². The molecular formula is C17H28N2O2. The van der Waals surface area contributed by atoms with Crippen LogP contribution in [0, 0.1) is 0 Å². The molecule has 0 radical (unpaired) electrons. The summed E-state index contributed by atoms with van der Waals surface area (Å²) in [6.07, 6.45) is 3.72. The van der Waals surface area contributed by atoms with Crippen molar-refractivity contribution in [3.63, 3.8) is 0 Å². The van der Waals surface area contributed by atoms with Crippen LogP contribution in [0.1, 0.15) is 25.3 Å². The monoisotopic (exact) mass is 292 g/mol. The van der Waals surface area contributed by atoms with E-state index < -0.39 is 0 Å². The highest BCUT2D eigenvalue weighted by molar-refractivity contribution is 5.43. The summed E-state index contributed by atoms with van der Waals surface area (Å²) < 4.78 is 10.6. The van der Waals surface area contributed by atoms with Gasteiger partial charge in [0.25, 0.3) is 0 Å². The molecule has 0 saturated carbocycles. The zero-order valence-electron chi connectivity index (χ0n) is 13.5. The number of methoxy groups -OCH3 is 2. The second-order valence-electron chi connectivity index (χ2n) is 5.80. The van der Waals surface area contributed by atoms with Gasteiger partial charge in [-0.1, -0.05) is 6.07 Å². The Morgan fingerprint density at radius 1 is 1.14 bits per heavy atom. The van der Waals surface area contributed by atoms with Crippen molar-refractivity contribution in [2.24, 2.45) is 0 Å². The normalized spacial score (nSPS) is 16.9. The quantitative estimate of drug-likeness (QED) is 0.797. The Balaban J connectivity index is 1.77. The number of ether oxygens (including phenoxy) is 2. The Bertz CT molecular complexity index is 431. The van der Waals surface area contributed by atoms with Gasteiger partial charge in [0, 0.05) is 19.1 Å². The number of nitrogens with zero attached hydrogens (tertiary/aromatic N) is 1. The number of hydrogen-bond acceptors (Lipinski definition) is 4. The molecule has 118 valence electrons. The Morgan fingerprint density at radius 2 is 1.86 bits per heavy atom. The molecule has 1 aliphatic heterocycles. The highest BCUT2D eigenvalue weighted by atomic mass is 16.5. The highest BCUT2D eigenvalue weighted by Gasteiger charge is 2.12. The summed E-state index contributed by atoms with van der Waals surface area (Å²) in [5.41, 5.74) is 1.27. The van der Waals surface area contributed by atoms with E-state index in [-0.39, 0.29) is 0 Å². The first-order chi connectivity index (χ1) is 10.2. The molecule has 1 unspecified atom stereocenters. The van der Waals surface area contributed by atoms with Crippen LogP contribution in [0.5, 0.6) is 11.5 Å². The molecule has 0 bridgehead atoms. The van der Waals surface area contributed by atoms with E-state index in [1.807, 2.05) is 6.07 Å². The molecular weight excluding hydrogens is 264 g/mol. The third kappa shape index (κ3) is 4.90. The standard InChI is InChI=1S/C17H28N2O2/c1-14(18-8-11-19-9-4-5-10-19)12-15-6-7-16(20-2)17(13-15)21-3/h6-7,13-14,18H,4-5,8-12H2,1-3H3. The topological polar surface area (TPSA) is 33.7 Å². The minimum atomic E-state index is 0.464. The van der Waals surface area contributed by atoms with Crippen molar-refractivity contribution in [2.45, 2.75) is 32.2 Å². The second kappa shape index (κ2) is 8.25. The van der Waals surface area contributed by atoms with Gasteiger partial charge in [-0.05, 0) is 57.0 Å². The Labute approximate surface area is 128 Å². The fourth-order valence-corrected chi connectivity index (χ4v) is 2.91. The molecule has 4 heteroatoms. The van der Waals surface area contributed by atoms with E-state index in [0.29, 0.717) is 6.04 Å². The van der Waals surface area contributed by atoms with E-state index in [1.54, 1.807) is 14.2 Å². The molecule has 1 N–H and O–H groups in total. The first kappa shape index (κ1) is 16.1. The lowest BCUT2D eigenvalue weighted by Crippen LogP contribution is -2.35. The van der Waals surface area contributed by atoms with Gasteiger partial charge in [0.15, 0.2) is 11.5 Å². The van der Waals surface area contributed by atoms with Gasteiger partial charge in [0.05, 0.1) is 14.2 Å². The highest BCUT2D eigenvalue weighted by Crippen LogP contribution is 2.27. The summed E-state index contributed by atoms with van der Waals surface area (Å²) >= 11 is 0. The number of benzene rings is 1. The smallest absolute Gasteiger partial charge is 0.160 e. The van der Waals surface area contributed by atoms with Crippen LogP contribution < -0.4 is 14.8 Å². The van der Waals surface area contributed by atoms with Gasteiger partial charge in [0.1, 0.15) is 0 Å². The van der Waals surface area contributed by atoms with Crippen molar-refractivity contribution in [2.75, 3.05) is 40.4 Å². The number of hydrogen-bond donors (Lipinski definition) is 1. The SMILES string of the molecule is COc1ccc(CC(C)NCCN2CCCC2)cc1OC. The minimum Gasteiger partial charge on any atom is -0.493 e. The third-order valence-electron chi connectivity index (χ3n) is 4.11. The van der Waals surface area contributed by atoms with E-state index in [0.717, 1.165) is 31.0 Å². The van der Waals surface area contributed by atoms with Gasteiger partial charge in [-0.25, -0.2) is 0 Å². The molecule has 2 rings (SSSR count). The molecule has 1 heterocycles. The molecule has 1 saturated heterocycles. The zero-order chi connectivity index (χ0) is 15.1. The molecule has 0 aromatic heterocycles. The largest absolute Gasteiger partial charge is 0.493 e. The van der Waals surface area contributed by atoms with Crippen LogP contribution in [0.3, 0.4) is 0 Å². The Hall–Kier alpha value is -1.26. The summed E-state index contributed by atoms with van der Waals surface area (Å²) in [6, 6.07) is 6.62. The molecule has 1 aromatic carbocycles. The lowest BCUT2D eigenvalue weighted by molar-refractivity contribution is 0.328. The van der Waals surface area contributed by atoms with Crippen molar-refractivity contribution < 1.29 is 9.47 Å². The lowest BCUT2D eigenvalue weighted by atomic mass is 10.1. The average Bonchev–Trinajstić information content (AvgIpc) is 3.00. The summed E-state index contributed by atoms with van der Waals surface area (Å²) in [5, 5.41) is 3.61. The number of nitrogens with one attached hydrogen (secondary N) is 1. The summed E-state index contributed by atoms with van der Waals surface area (Å²) in [4.78, 5) is 2.54. The van der Waals surface area contributed by atoms with Crippen molar-refractivity contribution in [1.82, 2.24) is 10.2 Å². The van der Waals surface area contributed by atoms with Crippen molar-refractivity contribution in [3.8, 4) is 11.5 Å². The number of rotatable bonds is 8. The molecule has 0 amide bonds. The first-order valence-corrected chi connectivity index (χ1v) is 7.89. The van der Waals surface area contributed by atoms with Gasteiger partial charge < -0.3 is 19.7 Å². The molecule has 1 aliphatic rings. The molecule has 1 fully saturated rings. The molecule has 0 spiro atoms. The maximum absolute atomic E-state index is 5.36. The third-order valence-corrected chi connectivity index (χ3v) is 4.11.